The molecule has 0 amide bonds. The number of hydrogen-bond acceptors (Lipinski definition) is 3. The summed E-state index contributed by atoms with van der Waals surface area (Å²) in [5.41, 5.74) is 2.61. The summed E-state index contributed by atoms with van der Waals surface area (Å²) in [6.45, 7) is 7.98. The van der Waals surface area contributed by atoms with Gasteiger partial charge in [-0.25, -0.2) is 0 Å². The Morgan fingerprint density at radius 3 is 2.92 bits per heavy atom. The van der Waals surface area contributed by atoms with Crippen LogP contribution in [0.5, 0.6) is 0 Å². The van der Waals surface area contributed by atoms with Gasteiger partial charge in [0.2, 0.25) is 0 Å². The van der Waals surface area contributed by atoms with Gasteiger partial charge in [0.15, 0.2) is 5.96 Å². The Kier molecular flexibility index (Phi) is 5.99. The summed E-state index contributed by atoms with van der Waals surface area (Å²) in [4.78, 5) is 4.74. The number of aliphatic hydroxyl groups excluding tert-OH is 1. The largest absolute Gasteiger partial charge is 0.393 e. The quantitative estimate of drug-likeness (QED) is 0.563. The second-order valence-electron chi connectivity index (χ2n) is 7.74. The Morgan fingerprint density at radius 1 is 1.40 bits per heavy atom. The molecule has 6 nitrogen and oxygen atoms in total. The van der Waals surface area contributed by atoms with Crippen molar-refractivity contribution in [1.29, 1.82) is 0 Å². The number of nitrogens with one attached hydrogen (secondary N) is 2. The first-order chi connectivity index (χ1) is 12.1. The standard InChI is InChI=1S/C19H33N5O/c1-4-20-19(21-11-14-6-5-7-18(14)25)22-16-9-8-15-12-24(13(2)3)23-17(15)10-16/h12-14,16,18,25H,4-11H2,1-3H3,(H2,20,21,22). The lowest BCUT2D eigenvalue weighted by Crippen LogP contribution is -2.46. The second kappa shape index (κ2) is 8.21. The normalized spacial score (nSPS) is 26.8. The van der Waals surface area contributed by atoms with E-state index in [1.807, 2.05) is 0 Å². The molecule has 3 rings (SSSR count). The van der Waals surface area contributed by atoms with E-state index in [0.717, 1.165) is 51.0 Å². The van der Waals surface area contributed by atoms with Crippen molar-refractivity contribution in [3.63, 3.8) is 0 Å². The highest BCUT2D eigenvalue weighted by molar-refractivity contribution is 5.80. The minimum atomic E-state index is -0.177. The van der Waals surface area contributed by atoms with Gasteiger partial charge in [-0.1, -0.05) is 6.42 Å². The lowest BCUT2D eigenvalue weighted by atomic mass is 9.94. The van der Waals surface area contributed by atoms with Gasteiger partial charge >= 0.3 is 0 Å². The van der Waals surface area contributed by atoms with Gasteiger partial charge in [0.05, 0.1) is 11.8 Å². The molecule has 0 aliphatic heterocycles. The topological polar surface area (TPSA) is 74.5 Å². The third-order valence-electron chi connectivity index (χ3n) is 5.41. The molecule has 25 heavy (non-hydrogen) atoms. The first-order valence-corrected chi connectivity index (χ1v) is 9.86. The first-order valence-electron chi connectivity index (χ1n) is 9.86. The van der Waals surface area contributed by atoms with Crippen LogP contribution in [0.4, 0.5) is 0 Å². The minimum absolute atomic E-state index is 0.177. The van der Waals surface area contributed by atoms with Crippen molar-refractivity contribution in [2.45, 2.75) is 77.5 Å². The van der Waals surface area contributed by atoms with Gasteiger partial charge in [-0.15, -0.1) is 0 Å². The van der Waals surface area contributed by atoms with Crippen LogP contribution in [0.1, 0.15) is 63.8 Å². The lowest BCUT2D eigenvalue weighted by molar-refractivity contribution is 0.136. The molecule has 3 atom stereocenters. The number of aryl methyl sites for hydroxylation is 1. The third-order valence-corrected chi connectivity index (χ3v) is 5.41. The molecule has 2 aliphatic carbocycles. The highest BCUT2D eigenvalue weighted by Gasteiger charge is 2.26. The SMILES string of the molecule is CCNC(=NCC1CCCC1O)NC1CCc2cn(C(C)C)nc2C1. The molecule has 1 fully saturated rings. The Labute approximate surface area is 151 Å². The number of rotatable bonds is 5. The zero-order valence-electron chi connectivity index (χ0n) is 15.8. The minimum Gasteiger partial charge on any atom is -0.393 e. The maximum absolute atomic E-state index is 9.99. The van der Waals surface area contributed by atoms with E-state index < -0.39 is 0 Å². The van der Waals surface area contributed by atoms with Crippen molar-refractivity contribution >= 4 is 5.96 Å². The van der Waals surface area contributed by atoms with Crippen LogP contribution >= 0.6 is 0 Å². The van der Waals surface area contributed by atoms with Crippen molar-refractivity contribution in [3.05, 3.63) is 17.5 Å². The van der Waals surface area contributed by atoms with Gasteiger partial charge < -0.3 is 15.7 Å². The maximum Gasteiger partial charge on any atom is 0.191 e. The van der Waals surface area contributed by atoms with Crippen molar-refractivity contribution in [2.75, 3.05) is 13.1 Å². The van der Waals surface area contributed by atoms with E-state index in [-0.39, 0.29) is 6.10 Å². The van der Waals surface area contributed by atoms with Crippen LogP contribution in [0, 0.1) is 5.92 Å². The van der Waals surface area contributed by atoms with Gasteiger partial charge in [-0.2, -0.15) is 5.10 Å². The summed E-state index contributed by atoms with van der Waals surface area (Å²) in [5, 5.41) is 21.7. The molecule has 0 aromatic carbocycles. The Balaban J connectivity index is 1.60. The van der Waals surface area contributed by atoms with Crippen LogP contribution < -0.4 is 10.6 Å². The monoisotopic (exact) mass is 347 g/mol. The molecule has 6 heteroatoms. The molecular formula is C19H33N5O. The van der Waals surface area contributed by atoms with Crippen LogP contribution in [-0.4, -0.2) is 46.1 Å². The summed E-state index contributed by atoms with van der Waals surface area (Å²) >= 11 is 0. The number of hydrogen-bond donors (Lipinski definition) is 3. The Bertz CT molecular complexity index is 595. The number of nitrogens with zero attached hydrogens (tertiary/aromatic N) is 3. The van der Waals surface area contributed by atoms with E-state index in [2.05, 4.69) is 42.3 Å². The van der Waals surface area contributed by atoms with Crippen LogP contribution in [0.25, 0.3) is 0 Å². The lowest BCUT2D eigenvalue weighted by Gasteiger charge is -2.25. The van der Waals surface area contributed by atoms with Crippen molar-refractivity contribution in [2.24, 2.45) is 10.9 Å². The predicted molar refractivity (Wildman–Crippen MR) is 101 cm³/mol. The fourth-order valence-corrected chi connectivity index (χ4v) is 3.85. The fraction of sp³-hybridized carbons (Fsp3) is 0.789. The molecule has 1 heterocycles. The highest BCUT2D eigenvalue weighted by Crippen LogP contribution is 2.25. The molecule has 0 radical (unpaired) electrons. The summed E-state index contributed by atoms with van der Waals surface area (Å²) in [5.74, 6) is 1.19. The van der Waals surface area contributed by atoms with Crippen LogP contribution in [0.15, 0.2) is 11.2 Å². The summed E-state index contributed by atoms with van der Waals surface area (Å²) < 4.78 is 2.08. The molecule has 1 saturated carbocycles. The number of aliphatic imine (C=N–C) groups is 1. The van der Waals surface area contributed by atoms with Gasteiger partial charge in [0, 0.05) is 43.7 Å². The van der Waals surface area contributed by atoms with E-state index in [1.54, 1.807) is 0 Å². The molecule has 0 bridgehead atoms. The van der Waals surface area contributed by atoms with E-state index in [4.69, 9.17) is 10.1 Å². The van der Waals surface area contributed by atoms with Crippen LogP contribution in [0.3, 0.4) is 0 Å². The zero-order valence-corrected chi connectivity index (χ0v) is 15.8. The molecular weight excluding hydrogens is 314 g/mol. The Morgan fingerprint density at radius 2 is 2.24 bits per heavy atom. The average Bonchev–Trinajstić information content (AvgIpc) is 3.18. The molecule has 140 valence electrons. The van der Waals surface area contributed by atoms with E-state index in [9.17, 15) is 5.11 Å². The summed E-state index contributed by atoms with van der Waals surface area (Å²) in [6, 6.07) is 0.781. The van der Waals surface area contributed by atoms with Crippen molar-refractivity contribution < 1.29 is 5.11 Å². The molecule has 3 N–H and O–H groups in total. The highest BCUT2D eigenvalue weighted by atomic mass is 16.3. The fourth-order valence-electron chi connectivity index (χ4n) is 3.85. The molecule has 0 saturated heterocycles. The molecule has 0 spiro atoms. The van der Waals surface area contributed by atoms with Crippen molar-refractivity contribution in [1.82, 2.24) is 20.4 Å². The average molecular weight is 348 g/mol. The third kappa shape index (κ3) is 4.54. The van der Waals surface area contributed by atoms with Gasteiger partial charge in [-0.05, 0) is 52.0 Å². The molecule has 1 aromatic rings. The van der Waals surface area contributed by atoms with Crippen LogP contribution in [-0.2, 0) is 12.8 Å². The van der Waals surface area contributed by atoms with Gasteiger partial charge in [-0.3, -0.25) is 9.67 Å². The number of guanidine groups is 1. The van der Waals surface area contributed by atoms with Crippen LogP contribution in [0.2, 0.25) is 0 Å². The zero-order chi connectivity index (χ0) is 17.8. The molecule has 3 unspecified atom stereocenters. The first kappa shape index (κ1) is 18.2. The maximum atomic E-state index is 9.99. The number of aromatic nitrogens is 2. The summed E-state index contributed by atoms with van der Waals surface area (Å²) in [7, 11) is 0. The predicted octanol–water partition coefficient (Wildman–Crippen LogP) is 2.04. The number of fused-ring (bicyclic) bond motifs is 1. The Hall–Kier alpha value is -1.56. The number of aliphatic hydroxyl groups is 1. The van der Waals surface area contributed by atoms with Crippen molar-refractivity contribution in [3.8, 4) is 0 Å². The molecule has 1 aromatic heterocycles. The van der Waals surface area contributed by atoms with E-state index in [1.165, 1.54) is 11.3 Å². The molecule has 2 aliphatic rings. The second-order valence-corrected chi connectivity index (χ2v) is 7.74. The van der Waals surface area contributed by atoms with E-state index >= 15 is 0 Å². The van der Waals surface area contributed by atoms with E-state index in [0.29, 0.717) is 24.5 Å². The van der Waals surface area contributed by atoms with Gasteiger partial charge in [0.1, 0.15) is 0 Å². The van der Waals surface area contributed by atoms with Gasteiger partial charge in [0.25, 0.3) is 0 Å². The smallest absolute Gasteiger partial charge is 0.191 e. The summed E-state index contributed by atoms with van der Waals surface area (Å²) in [6.07, 6.45) is 8.28.